The third-order valence-electron chi connectivity index (χ3n) is 4.68. The zero-order chi connectivity index (χ0) is 22.0. The lowest BCUT2D eigenvalue weighted by Crippen LogP contribution is -2.54. The summed E-state index contributed by atoms with van der Waals surface area (Å²) >= 11 is 0. The Morgan fingerprint density at radius 3 is 2.48 bits per heavy atom. The van der Waals surface area contributed by atoms with E-state index >= 15 is 0 Å². The molecule has 0 unspecified atom stereocenters. The molecule has 2 aromatic carbocycles. The molecule has 1 N–H and O–H groups in total. The molecule has 0 radical (unpaired) electrons. The summed E-state index contributed by atoms with van der Waals surface area (Å²) < 4.78 is 20.5. The standard InChI is InChI=1S/C23H18FN3O4/c1-2-31-20-8-4-3-7-19(20)27-22(29)18(21(28)25-23(27)30)14-17-6-5-13-26(17)16-11-9-15(24)10-12-16/h3-14H,2H2,1H3,(H,25,28,30)/b18-14+. The van der Waals surface area contributed by atoms with Gasteiger partial charge in [0.25, 0.3) is 11.8 Å². The maximum absolute atomic E-state index is 13.3. The Bertz CT molecular complexity index is 1200. The third-order valence-corrected chi connectivity index (χ3v) is 4.68. The lowest BCUT2D eigenvalue weighted by molar-refractivity contribution is -0.122. The number of benzene rings is 2. The normalized spacial score (nSPS) is 15.4. The van der Waals surface area contributed by atoms with Crippen LogP contribution >= 0.6 is 0 Å². The number of carbonyl (C=O) groups excluding carboxylic acids is 3. The van der Waals surface area contributed by atoms with E-state index in [4.69, 9.17) is 4.74 Å². The predicted molar refractivity (Wildman–Crippen MR) is 112 cm³/mol. The molecule has 0 aliphatic carbocycles. The fraction of sp³-hybridized carbons (Fsp3) is 0.0870. The number of anilines is 1. The van der Waals surface area contributed by atoms with Crippen LogP contribution in [0.3, 0.4) is 0 Å². The number of aromatic nitrogens is 1. The van der Waals surface area contributed by atoms with Crippen molar-refractivity contribution in [1.82, 2.24) is 9.88 Å². The highest BCUT2D eigenvalue weighted by Crippen LogP contribution is 2.31. The molecule has 1 fully saturated rings. The van der Waals surface area contributed by atoms with Crippen molar-refractivity contribution in [2.45, 2.75) is 6.92 Å². The number of carbonyl (C=O) groups is 3. The smallest absolute Gasteiger partial charge is 0.336 e. The highest BCUT2D eigenvalue weighted by Gasteiger charge is 2.38. The van der Waals surface area contributed by atoms with E-state index in [9.17, 15) is 18.8 Å². The average Bonchev–Trinajstić information content (AvgIpc) is 3.21. The van der Waals surface area contributed by atoms with Gasteiger partial charge in [-0.15, -0.1) is 0 Å². The Labute approximate surface area is 177 Å². The first-order chi connectivity index (χ1) is 15.0. The fourth-order valence-corrected chi connectivity index (χ4v) is 3.29. The molecule has 7 nitrogen and oxygen atoms in total. The van der Waals surface area contributed by atoms with Crippen molar-refractivity contribution in [3.63, 3.8) is 0 Å². The molecule has 0 saturated carbocycles. The number of halogens is 1. The van der Waals surface area contributed by atoms with Crippen LogP contribution in [0.25, 0.3) is 11.8 Å². The first-order valence-corrected chi connectivity index (χ1v) is 9.56. The number of nitrogens with one attached hydrogen (secondary N) is 1. The molecule has 156 valence electrons. The van der Waals surface area contributed by atoms with Crippen molar-refractivity contribution < 1.29 is 23.5 Å². The lowest BCUT2D eigenvalue weighted by Gasteiger charge is -2.27. The topological polar surface area (TPSA) is 80.6 Å². The minimum Gasteiger partial charge on any atom is -0.492 e. The molecular formula is C23H18FN3O4. The highest BCUT2D eigenvalue weighted by atomic mass is 19.1. The van der Waals surface area contributed by atoms with Crippen LogP contribution in [-0.2, 0) is 9.59 Å². The van der Waals surface area contributed by atoms with Gasteiger partial charge in [-0.2, -0.15) is 0 Å². The molecule has 0 atom stereocenters. The summed E-state index contributed by atoms with van der Waals surface area (Å²) in [6.45, 7) is 2.13. The number of ether oxygens (including phenoxy) is 1. The summed E-state index contributed by atoms with van der Waals surface area (Å²) in [6.07, 6.45) is 3.11. The zero-order valence-corrected chi connectivity index (χ0v) is 16.5. The summed E-state index contributed by atoms with van der Waals surface area (Å²) in [5.74, 6) is -1.60. The minimum atomic E-state index is -0.853. The van der Waals surface area contributed by atoms with Crippen molar-refractivity contribution >= 4 is 29.6 Å². The Morgan fingerprint density at radius 1 is 1.00 bits per heavy atom. The predicted octanol–water partition coefficient (Wildman–Crippen LogP) is 3.68. The van der Waals surface area contributed by atoms with Gasteiger partial charge in [0.15, 0.2) is 0 Å². The van der Waals surface area contributed by atoms with Crippen LogP contribution in [0, 0.1) is 5.82 Å². The van der Waals surface area contributed by atoms with Crippen LogP contribution in [0.4, 0.5) is 14.9 Å². The molecule has 4 rings (SSSR count). The van der Waals surface area contributed by atoms with Crippen molar-refractivity contribution in [3.05, 3.63) is 83.9 Å². The number of amides is 4. The maximum atomic E-state index is 13.3. The molecule has 0 spiro atoms. The maximum Gasteiger partial charge on any atom is 0.336 e. The van der Waals surface area contributed by atoms with Crippen molar-refractivity contribution in [2.24, 2.45) is 0 Å². The van der Waals surface area contributed by atoms with E-state index in [1.807, 2.05) is 0 Å². The molecule has 1 aliphatic heterocycles. The minimum absolute atomic E-state index is 0.215. The molecule has 8 heteroatoms. The molecule has 2 heterocycles. The number of rotatable bonds is 5. The van der Waals surface area contributed by atoms with Gasteiger partial charge in [0, 0.05) is 17.6 Å². The number of barbiturate groups is 1. The highest BCUT2D eigenvalue weighted by molar-refractivity contribution is 6.39. The Kier molecular flexibility index (Phi) is 5.36. The number of hydrogen-bond donors (Lipinski definition) is 1. The number of para-hydroxylation sites is 2. The summed E-state index contributed by atoms with van der Waals surface area (Å²) in [5.41, 5.74) is 1.18. The van der Waals surface area contributed by atoms with Crippen LogP contribution in [0.2, 0.25) is 0 Å². The van der Waals surface area contributed by atoms with Gasteiger partial charge in [-0.25, -0.2) is 14.1 Å². The van der Waals surface area contributed by atoms with Gasteiger partial charge in [-0.1, -0.05) is 12.1 Å². The van der Waals surface area contributed by atoms with Gasteiger partial charge >= 0.3 is 6.03 Å². The second kappa shape index (κ2) is 8.27. The second-order valence-electron chi connectivity index (χ2n) is 6.64. The largest absolute Gasteiger partial charge is 0.492 e. The Balaban J connectivity index is 1.75. The average molecular weight is 419 g/mol. The summed E-state index contributed by atoms with van der Waals surface area (Å²) in [5, 5.41) is 2.20. The van der Waals surface area contributed by atoms with Gasteiger partial charge in [-0.3, -0.25) is 14.9 Å². The number of imide groups is 2. The third kappa shape index (κ3) is 3.83. The van der Waals surface area contributed by atoms with E-state index in [0.29, 0.717) is 23.7 Å². The van der Waals surface area contributed by atoms with E-state index in [1.165, 1.54) is 18.2 Å². The second-order valence-corrected chi connectivity index (χ2v) is 6.64. The summed E-state index contributed by atoms with van der Waals surface area (Å²) in [7, 11) is 0. The Hall–Kier alpha value is -4.20. The fourth-order valence-electron chi connectivity index (χ4n) is 3.29. The van der Waals surface area contributed by atoms with Crippen molar-refractivity contribution in [3.8, 4) is 11.4 Å². The lowest BCUT2D eigenvalue weighted by atomic mass is 10.1. The van der Waals surface area contributed by atoms with Crippen molar-refractivity contribution in [1.29, 1.82) is 0 Å². The van der Waals surface area contributed by atoms with Crippen molar-refractivity contribution in [2.75, 3.05) is 11.5 Å². The van der Waals surface area contributed by atoms with Gasteiger partial charge in [0.1, 0.15) is 17.1 Å². The first kappa shape index (κ1) is 20.1. The van der Waals surface area contributed by atoms with Gasteiger partial charge < -0.3 is 9.30 Å². The molecule has 3 aromatic rings. The van der Waals surface area contributed by atoms with Crippen LogP contribution in [0.5, 0.6) is 5.75 Å². The van der Waals surface area contributed by atoms with E-state index in [0.717, 1.165) is 4.90 Å². The van der Waals surface area contributed by atoms with Gasteiger partial charge in [0.05, 0.1) is 12.3 Å². The van der Waals surface area contributed by atoms with E-state index in [-0.39, 0.29) is 17.1 Å². The van der Waals surface area contributed by atoms with Crippen LogP contribution in [-0.4, -0.2) is 29.0 Å². The molecule has 1 aliphatic rings. The summed E-state index contributed by atoms with van der Waals surface area (Å²) in [6, 6.07) is 15.0. The van der Waals surface area contributed by atoms with E-state index < -0.39 is 17.8 Å². The SMILES string of the molecule is CCOc1ccccc1N1C(=O)NC(=O)/C(=C\c2cccn2-c2ccc(F)cc2)C1=O. The molecule has 4 amide bonds. The Morgan fingerprint density at radius 2 is 1.74 bits per heavy atom. The zero-order valence-electron chi connectivity index (χ0n) is 16.5. The molecule has 1 aromatic heterocycles. The molecule has 31 heavy (non-hydrogen) atoms. The number of hydrogen-bond acceptors (Lipinski definition) is 4. The van der Waals surface area contributed by atoms with E-state index in [1.54, 1.807) is 66.2 Å². The quantitative estimate of drug-likeness (QED) is 0.505. The van der Waals surface area contributed by atoms with Gasteiger partial charge in [-0.05, 0) is 61.5 Å². The van der Waals surface area contributed by atoms with Gasteiger partial charge in [0.2, 0.25) is 0 Å². The van der Waals surface area contributed by atoms with E-state index in [2.05, 4.69) is 5.32 Å². The van der Waals surface area contributed by atoms with Crippen LogP contribution in [0.15, 0.2) is 72.4 Å². The molecule has 0 bridgehead atoms. The van der Waals surface area contributed by atoms with Crippen LogP contribution < -0.4 is 15.0 Å². The number of nitrogens with zero attached hydrogens (tertiary/aromatic N) is 2. The summed E-state index contributed by atoms with van der Waals surface area (Å²) in [4.78, 5) is 39.0. The monoisotopic (exact) mass is 419 g/mol. The van der Waals surface area contributed by atoms with Crippen LogP contribution in [0.1, 0.15) is 12.6 Å². The number of urea groups is 1. The molecular weight excluding hydrogens is 401 g/mol. The molecule has 1 saturated heterocycles. The first-order valence-electron chi connectivity index (χ1n) is 9.56.